The smallest absolute Gasteiger partial charge is 0.197 e. The van der Waals surface area contributed by atoms with Crippen LogP contribution in [0.15, 0.2) is 28.5 Å². The molecule has 0 spiro atoms. The molecular formula is C10H12N6S. The molecule has 0 unspecified atom stereocenters. The Morgan fingerprint density at radius 2 is 2.24 bits per heavy atom. The van der Waals surface area contributed by atoms with Crippen LogP contribution in [-0.2, 0) is 7.05 Å². The van der Waals surface area contributed by atoms with Crippen LogP contribution >= 0.6 is 11.8 Å². The summed E-state index contributed by atoms with van der Waals surface area (Å²) in [5.41, 5.74) is 6.11. The van der Waals surface area contributed by atoms with Gasteiger partial charge in [-0.15, -0.1) is 10.2 Å². The summed E-state index contributed by atoms with van der Waals surface area (Å²) < 4.78 is 1.86. The zero-order valence-electron chi connectivity index (χ0n) is 9.51. The van der Waals surface area contributed by atoms with Crippen LogP contribution in [0.3, 0.4) is 0 Å². The summed E-state index contributed by atoms with van der Waals surface area (Å²) in [7, 11) is 1.88. The normalized spacial score (nSPS) is 10.5. The fourth-order valence-electron chi connectivity index (χ4n) is 1.24. The molecule has 0 amide bonds. The highest BCUT2D eigenvalue weighted by Crippen LogP contribution is 2.26. The Labute approximate surface area is 103 Å². The topological polar surface area (TPSA) is 93.5 Å². The van der Waals surface area contributed by atoms with Gasteiger partial charge in [0.1, 0.15) is 16.7 Å². The highest BCUT2D eigenvalue weighted by atomic mass is 32.2. The Morgan fingerprint density at radius 1 is 1.47 bits per heavy atom. The Bertz CT molecular complexity index is 562. The molecule has 7 heteroatoms. The third-order valence-electron chi connectivity index (χ3n) is 2.30. The first-order chi connectivity index (χ1) is 8.09. The molecule has 3 N–H and O–H groups in total. The number of aryl methyl sites for hydroxylation is 1. The number of nitrogens with two attached hydrogens (primary N) is 1. The van der Waals surface area contributed by atoms with Crippen LogP contribution in [0.25, 0.3) is 0 Å². The number of amidine groups is 1. The lowest BCUT2D eigenvalue weighted by atomic mass is 10.3. The predicted molar refractivity (Wildman–Crippen MR) is 65.1 cm³/mol. The number of hydrogen-bond acceptors (Lipinski definition) is 5. The number of rotatable bonds is 3. The second-order valence-corrected chi connectivity index (χ2v) is 4.42. The standard InChI is InChI=1S/C10H12N6S/c1-6-14-15-10(16(6)2)17-9-7(8(11)12)4-3-5-13-9/h3-5H,1-2H3,(H3,11,12). The van der Waals surface area contributed by atoms with Gasteiger partial charge in [0.15, 0.2) is 5.16 Å². The van der Waals surface area contributed by atoms with Gasteiger partial charge in [-0.3, -0.25) is 5.41 Å². The molecule has 0 saturated carbocycles. The van der Waals surface area contributed by atoms with Gasteiger partial charge in [0.25, 0.3) is 0 Å². The molecule has 0 saturated heterocycles. The van der Waals surface area contributed by atoms with Crippen molar-refractivity contribution in [2.75, 3.05) is 0 Å². The van der Waals surface area contributed by atoms with Crippen molar-refractivity contribution in [2.24, 2.45) is 12.8 Å². The van der Waals surface area contributed by atoms with E-state index in [9.17, 15) is 0 Å². The molecule has 6 nitrogen and oxygen atoms in total. The minimum Gasteiger partial charge on any atom is -0.384 e. The molecule has 17 heavy (non-hydrogen) atoms. The van der Waals surface area contributed by atoms with Crippen LogP contribution in [0, 0.1) is 12.3 Å². The van der Waals surface area contributed by atoms with Crippen molar-refractivity contribution in [1.29, 1.82) is 5.41 Å². The van der Waals surface area contributed by atoms with Gasteiger partial charge in [-0.1, -0.05) is 0 Å². The molecule has 2 heterocycles. The van der Waals surface area contributed by atoms with E-state index in [2.05, 4.69) is 15.2 Å². The van der Waals surface area contributed by atoms with Crippen molar-refractivity contribution >= 4 is 17.6 Å². The van der Waals surface area contributed by atoms with Gasteiger partial charge in [0, 0.05) is 18.8 Å². The molecule has 0 fully saturated rings. The van der Waals surface area contributed by atoms with Gasteiger partial charge in [-0.05, 0) is 30.8 Å². The average Bonchev–Trinajstić information content (AvgIpc) is 2.61. The minimum atomic E-state index is -0.000472. The van der Waals surface area contributed by atoms with Crippen LogP contribution < -0.4 is 5.73 Å². The number of nitrogens with zero attached hydrogens (tertiary/aromatic N) is 4. The van der Waals surface area contributed by atoms with E-state index in [1.54, 1.807) is 18.3 Å². The monoisotopic (exact) mass is 248 g/mol. The third-order valence-corrected chi connectivity index (χ3v) is 3.36. The van der Waals surface area contributed by atoms with E-state index < -0.39 is 0 Å². The Hall–Kier alpha value is -1.89. The van der Waals surface area contributed by atoms with Crippen molar-refractivity contribution in [3.05, 3.63) is 29.7 Å². The van der Waals surface area contributed by atoms with E-state index in [4.69, 9.17) is 11.1 Å². The van der Waals surface area contributed by atoms with Crippen LogP contribution in [-0.4, -0.2) is 25.6 Å². The van der Waals surface area contributed by atoms with Crippen molar-refractivity contribution in [3.8, 4) is 0 Å². The average molecular weight is 248 g/mol. The van der Waals surface area contributed by atoms with Gasteiger partial charge < -0.3 is 10.3 Å². The van der Waals surface area contributed by atoms with E-state index in [-0.39, 0.29) is 5.84 Å². The van der Waals surface area contributed by atoms with Gasteiger partial charge in [0.2, 0.25) is 0 Å². The SMILES string of the molecule is Cc1nnc(Sc2ncccc2C(=N)N)n1C. The number of hydrogen-bond donors (Lipinski definition) is 2. The quantitative estimate of drug-likeness (QED) is 0.623. The minimum absolute atomic E-state index is 0.000472. The molecule has 2 aromatic heterocycles. The zero-order chi connectivity index (χ0) is 12.4. The van der Waals surface area contributed by atoms with Crippen molar-refractivity contribution < 1.29 is 0 Å². The summed E-state index contributed by atoms with van der Waals surface area (Å²) in [5.74, 6) is 0.826. The number of pyridine rings is 1. The van der Waals surface area contributed by atoms with E-state index in [1.165, 1.54) is 11.8 Å². The summed E-state index contributed by atoms with van der Waals surface area (Å²) in [5, 5.41) is 16.9. The number of nitrogen functional groups attached to an aromatic ring is 1. The van der Waals surface area contributed by atoms with Gasteiger partial charge in [-0.2, -0.15) is 0 Å². The van der Waals surface area contributed by atoms with Gasteiger partial charge in [-0.25, -0.2) is 4.98 Å². The molecule has 2 rings (SSSR count). The summed E-state index contributed by atoms with van der Waals surface area (Å²) in [6.07, 6.45) is 1.66. The molecule has 0 aromatic carbocycles. The molecule has 0 aliphatic heterocycles. The van der Waals surface area contributed by atoms with E-state index in [0.717, 1.165) is 11.0 Å². The lowest BCUT2D eigenvalue weighted by molar-refractivity contribution is 0.764. The third kappa shape index (κ3) is 2.28. The second kappa shape index (κ2) is 4.54. The molecule has 0 radical (unpaired) electrons. The molecule has 0 aliphatic rings. The fourth-order valence-corrected chi connectivity index (χ4v) is 2.17. The summed E-state index contributed by atoms with van der Waals surface area (Å²) >= 11 is 1.35. The maximum Gasteiger partial charge on any atom is 0.197 e. The summed E-state index contributed by atoms with van der Waals surface area (Å²) in [6.45, 7) is 1.88. The largest absolute Gasteiger partial charge is 0.384 e. The van der Waals surface area contributed by atoms with Crippen LogP contribution in [0.5, 0.6) is 0 Å². The maximum absolute atomic E-state index is 7.48. The van der Waals surface area contributed by atoms with Gasteiger partial charge >= 0.3 is 0 Å². The molecular weight excluding hydrogens is 236 g/mol. The Kier molecular flexibility index (Phi) is 3.10. The highest BCUT2D eigenvalue weighted by Gasteiger charge is 2.12. The fraction of sp³-hybridized carbons (Fsp3) is 0.200. The number of nitrogens with one attached hydrogen (secondary N) is 1. The van der Waals surface area contributed by atoms with Gasteiger partial charge in [0.05, 0.1) is 0 Å². The van der Waals surface area contributed by atoms with Crippen molar-refractivity contribution in [2.45, 2.75) is 17.1 Å². The maximum atomic E-state index is 7.48. The van der Waals surface area contributed by atoms with Crippen molar-refractivity contribution in [1.82, 2.24) is 19.7 Å². The molecule has 0 bridgehead atoms. The van der Waals surface area contributed by atoms with Crippen LogP contribution in [0.2, 0.25) is 0 Å². The first-order valence-electron chi connectivity index (χ1n) is 4.93. The van der Waals surface area contributed by atoms with Crippen molar-refractivity contribution in [3.63, 3.8) is 0 Å². The molecule has 0 aliphatic carbocycles. The summed E-state index contributed by atoms with van der Waals surface area (Å²) in [6, 6.07) is 3.52. The Balaban J connectivity index is 2.36. The van der Waals surface area contributed by atoms with E-state index in [1.807, 2.05) is 18.5 Å². The van der Waals surface area contributed by atoms with Crippen LogP contribution in [0.1, 0.15) is 11.4 Å². The predicted octanol–water partition coefficient (Wildman–Crippen LogP) is 0.954. The van der Waals surface area contributed by atoms with E-state index in [0.29, 0.717) is 10.6 Å². The Morgan fingerprint density at radius 3 is 2.82 bits per heavy atom. The molecule has 2 aromatic rings. The molecule has 0 atom stereocenters. The zero-order valence-corrected chi connectivity index (χ0v) is 10.3. The lowest BCUT2D eigenvalue weighted by Gasteiger charge is -2.05. The lowest BCUT2D eigenvalue weighted by Crippen LogP contribution is -2.13. The summed E-state index contributed by atoms with van der Waals surface area (Å²) in [4.78, 5) is 4.21. The van der Waals surface area contributed by atoms with Crippen LogP contribution in [0.4, 0.5) is 0 Å². The number of aromatic nitrogens is 4. The molecule has 88 valence electrons. The highest BCUT2D eigenvalue weighted by molar-refractivity contribution is 7.99. The first-order valence-corrected chi connectivity index (χ1v) is 5.74. The second-order valence-electron chi connectivity index (χ2n) is 3.46. The first kappa shape index (κ1) is 11.6. The van der Waals surface area contributed by atoms with E-state index >= 15 is 0 Å².